The maximum absolute atomic E-state index is 2.51. The van der Waals surface area contributed by atoms with Crippen LogP contribution in [-0.4, -0.2) is 0 Å². The van der Waals surface area contributed by atoms with Gasteiger partial charge < -0.3 is 0 Å². The highest BCUT2D eigenvalue weighted by molar-refractivity contribution is 5.95. The minimum absolute atomic E-state index is 0.0340. The first-order valence-electron chi connectivity index (χ1n) is 8.92. The van der Waals surface area contributed by atoms with Crippen LogP contribution in [0, 0.1) is 6.92 Å². The van der Waals surface area contributed by atoms with Gasteiger partial charge in [-0.3, -0.25) is 0 Å². The first-order valence-corrected chi connectivity index (χ1v) is 8.92. The van der Waals surface area contributed by atoms with Gasteiger partial charge >= 0.3 is 0 Å². The number of nitrogens with zero attached hydrogens (tertiary/aromatic N) is 1. The van der Waals surface area contributed by atoms with Crippen molar-refractivity contribution in [3.05, 3.63) is 71.9 Å². The zero-order valence-corrected chi connectivity index (χ0v) is 14.7. The van der Waals surface area contributed by atoms with Crippen LogP contribution in [0.5, 0.6) is 0 Å². The van der Waals surface area contributed by atoms with E-state index in [0.717, 1.165) is 12.8 Å². The molecule has 2 aromatic carbocycles. The molecule has 3 aromatic rings. The molecule has 1 heteroatoms. The van der Waals surface area contributed by atoms with E-state index in [9.17, 15) is 0 Å². The van der Waals surface area contributed by atoms with Crippen LogP contribution < -0.4 is 4.57 Å². The Kier molecular flexibility index (Phi) is 3.53. The second kappa shape index (κ2) is 5.59. The molecule has 0 fully saturated rings. The molecule has 1 aliphatic heterocycles. The molecule has 0 saturated heterocycles. The quantitative estimate of drug-likeness (QED) is 0.539. The largest absolute Gasteiger partial charge is 0.221 e. The van der Waals surface area contributed by atoms with E-state index in [0.29, 0.717) is 0 Å². The van der Waals surface area contributed by atoms with E-state index >= 15 is 0 Å². The van der Waals surface area contributed by atoms with Crippen LogP contribution in [0.2, 0.25) is 0 Å². The van der Waals surface area contributed by atoms with Crippen molar-refractivity contribution in [2.75, 3.05) is 0 Å². The van der Waals surface area contributed by atoms with Gasteiger partial charge in [-0.2, -0.15) is 4.57 Å². The number of fused-ring (bicyclic) bond motifs is 5. The number of benzene rings is 2. The van der Waals surface area contributed by atoms with Gasteiger partial charge in [0.15, 0.2) is 11.7 Å². The minimum atomic E-state index is 0.0340. The molecule has 0 atom stereocenters. The van der Waals surface area contributed by atoms with Gasteiger partial charge in [-0.05, 0) is 36.1 Å². The van der Waals surface area contributed by atoms with Gasteiger partial charge in [-0.25, -0.2) is 0 Å². The van der Waals surface area contributed by atoms with Gasteiger partial charge in [-0.1, -0.05) is 55.8 Å². The molecule has 0 spiro atoms. The predicted octanol–water partition coefficient (Wildman–Crippen LogP) is 5.64. The summed E-state index contributed by atoms with van der Waals surface area (Å²) in [5.41, 5.74) is 5.34. The molecule has 4 rings (SSSR count). The summed E-state index contributed by atoms with van der Waals surface area (Å²) in [4.78, 5) is 0. The van der Waals surface area contributed by atoms with Crippen LogP contribution in [0.4, 0.5) is 0 Å². The van der Waals surface area contributed by atoms with Crippen molar-refractivity contribution >= 4 is 16.8 Å². The maximum atomic E-state index is 2.51. The molecule has 0 unspecified atom stereocenters. The third kappa shape index (κ3) is 2.11. The standard InChI is InChI=1S/C23H24N/c1-4-23(5-2)14-12-19-11-10-17(3)16-21(19)22-20-9-7-6-8-18(20)13-15-24(22)23/h6-16H,4-5H2,1-3H3/q+1. The smallest absolute Gasteiger partial charge is 0.189 e. The van der Waals surface area contributed by atoms with Crippen molar-refractivity contribution in [2.24, 2.45) is 0 Å². The van der Waals surface area contributed by atoms with Crippen LogP contribution in [0.1, 0.15) is 37.8 Å². The fourth-order valence-corrected chi connectivity index (χ4v) is 4.04. The lowest BCUT2D eigenvalue weighted by atomic mass is 9.91. The van der Waals surface area contributed by atoms with Crippen molar-refractivity contribution < 1.29 is 4.57 Å². The lowest BCUT2D eigenvalue weighted by Gasteiger charge is -2.24. The second-order valence-electron chi connectivity index (χ2n) is 6.86. The topological polar surface area (TPSA) is 3.88 Å². The molecule has 0 saturated carbocycles. The number of aromatic nitrogens is 1. The molecular formula is C23H24N+. The van der Waals surface area contributed by atoms with E-state index in [1.165, 1.54) is 33.2 Å². The summed E-state index contributed by atoms with van der Waals surface area (Å²) in [6, 6.07) is 17.8. The zero-order valence-electron chi connectivity index (χ0n) is 14.7. The Morgan fingerprint density at radius 1 is 0.958 bits per heavy atom. The lowest BCUT2D eigenvalue weighted by Crippen LogP contribution is -2.55. The maximum Gasteiger partial charge on any atom is 0.221 e. The fourth-order valence-electron chi connectivity index (χ4n) is 4.04. The highest BCUT2D eigenvalue weighted by Gasteiger charge is 2.39. The zero-order chi connectivity index (χ0) is 16.7. The van der Waals surface area contributed by atoms with Crippen LogP contribution in [0.3, 0.4) is 0 Å². The summed E-state index contributed by atoms with van der Waals surface area (Å²) < 4.78 is 2.51. The summed E-state index contributed by atoms with van der Waals surface area (Å²) in [5, 5.41) is 2.64. The Morgan fingerprint density at radius 2 is 1.75 bits per heavy atom. The number of aryl methyl sites for hydroxylation is 1. The average Bonchev–Trinajstić information content (AvgIpc) is 2.76. The molecular weight excluding hydrogens is 290 g/mol. The fraction of sp³-hybridized carbons (Fsp3) is 0.261. The van der Waals surface area contributed by atoms with Crippen LogP contribution >= 0.6 is 0 Å². The summed E-state index contributed by atoms with van der Waals surface area (Å²) in [7, 11) is 0. The molecule has 24 heavy (non-hydrogen) atoms. The van der Waals surface area contributed by atoms with Crippen molar-refractivity contribution in [3.63, 3.8) is 0 Å². The first-order chi connectivity index (χ1) is 11.7. The van der Waals surface area contributed by atoms with Crippen molar-refractivity contribution in [2.45, 2.75) is 39.2 Å². The summed E-state index contributed by atoms with van der Waals surface area (Å²) in [6.07, 6.45) is 9.19. The van der Waals surface area contributed by atoms with E-state index < -0.39 is 0 Å². The summed E-state index contributed by atoms with van der Waals surface area (Å²) in [6.45, 7) is 6.76. The number of hydrogen-bond donors (Lipinski definition) is 0. The summed E-state index contributed by atoms with van der Waals surface area (Å²) >= 11 is 0. The Balaban J connectivity index is 2.19. The molecule has 1 aromatic heterocycles. The molecule has 0 amide bonds. The van der Waals surface area contributed by atoms with Gasteiger partial charge in [0.05, 0.1) is 10.9 Å². The van der Waals surface area contributed by atoms with E-state index in [4.69, 9.17) is 0 Å². The lowest BCUT2D eigenvalue weighted by molar-refractivity contribution is -0.742. The first kappa shape index (κ1) is 15.1. The number of allylic oxidation sites excluding steroid dienone is 1. The molecule has 120 valence electrons. The van der Waals surface area contributed by atoms with E-state index in [-0.39, 0.29) is 5.54 Å². The van der Waals surface area contributed by atoms with E-state index in [1.807, 2.05) is 0 Å². The normalized spacial score (nSPS) is 15.0. The van der Waals surface area contributed by atoms with Crippen molar-refractivity contribution in [1.82, 2.24) is 0 Å². The Bertz CT molecular complexity index is 945. The Morgan fingerprint density at radius 3 is 2.54 bits per heavy atom. The minimum Gasteiger partial charge on any atom is -0.189 e. The van der Waals surface area contributed by atoms with E-state index in [1.54, 1.807) is 0 Å². The molecule has 1 nitrogen and oxygen atoms in total. The van der Waals surface area contributed by atoms with Crippen molar-refractivity contribution in [3.8, 4) is 11.3 Å². The SMILES string of the molecule is CCC1(CC)C=Cc2ccc(C)cc2-c2c3ccccc3cc[n+]21. The van der Waals surface area contributed by atoms with Gasteiger partial charge in [0, 0.05) is 18.9 Å². The van der Waals surface area contributed by atoms with Crippen LogP contribution in [0.15, 0.2) is 60.8 Å². The van der Waals surface area contributed by atoms with Gasteiger partial charge in [0.25, 0.3) is 0 Å². The molecule has 0 bridgehead atoms. The van der Waals surface area contributed by atoms with Crippen LogP contribution in [0.25, 0.3) is 28.1 Å². The second-order valence-corrected chi connectivity index (χ2v) is 6.86. The third-order valence-electron chi connectivity index (χ3n) is 5.60. The molecule has 0 aliphatic carbocycles. The van der Waals surface area contributed by atoms with E-state index in [2.05, 4.69) is 92.2 Å². The van der Waals surface area contributed by atoms with Crippen LogP contribution in [-0.2, 0) is 5.54 Å². The monoisotopic (exact) mass is 314 g/mol. The van der Waals surface area contributed by atoms with Crippen molar-refractivity contribution in [1.29, 1.82) is 0 Å². The molecule has 0 radical (unpaired) electrons. The average molecular weight is 314 g/mol. The molecule has 2 heterocycles. The van der Waals surface area contributed by atoms with Gasteiger partial charge in [0.2, 0.25) is 5.69 Å². The highest BCUT2D eigenvalue weighted by Crippen LogP contribution is 2.36. The molecule has 0 N–H and O–H groups in total. The van der Waals surface area contributed by atoms with Gasteiger partial charge in [-0.15, -0.1) is 0 Å². The Labute approximate surface area is 144 Å². The van der Waals surface area contributed by atoms with Gasteiger partial charge in [0.1, 0.15) is 0 Å². The third-order valence-corrected chi connectivity index (χ3v) is 5.60. The number of rotatable bonds is 2. The highest BCUT2D eigenvalue weighted by atomic mass is 15.1. The predicted molar refractivity (Wildman–Crippen MR) is 102 cm³/mol. The number of hydrogen-bond acceptors (Lipinski definition) is 0. The molecule has 1 aliphatic rings. The number of pyridine rings is 1. The Hall–Kier alpha value is -2.41. The summed E-state index contributed by atoms with van der Waals surface area (Å²) in [5.74, 6) is 0.